The van der Waals surface area contributed by atoms with Crippen LogP contribution in [0.2, 0.25) is 0 Å². The van der Waals surface area contributed by atoms with Gasteiger partial charge in [0, 0.05) is 11.1 Å². The topological polar surface area (TPSA) is 52.6 Å². The molecule has 0 amide bonds. The second-order valence-electron chi connectivity index (χ2n) is 5.29. The van der Waals surface area contributed by atoms with Crippen LogP contribution in [0.5, 0.6) is 11.5 Å². The van der Waals surface area contributed by atoms with Crippen LogP contribution in [0.15, 0.2) is 54.6 Å². The maximum atomic E-state index is 11.5. The molecule has 0 spiro atoms. The van der Waals surface area contributed by atoms with E-state index in [1.165, 1.54) is 0 Å². The second kappa shape index (κ2) is 6.96. The molecule has 0 unspecified atom stereocenters. The lowest BCUT2D eigenvalue weighted by Crippen LogP contribution is -2.02. The zero-order valence-electron chi connectivity index (χ0n) is 13.2. The van der Waals surface area contributed by atoms with Crippen LogP contribution in [0.3, 0.4) is 0 Å². The molecule has 0 N–H and O–H groups in total. The first-order chi connectivity index (χ1) is 11.8. The third-order valence-corrected chi connectivity index (χ3v) is 3.87. The van der Waals surface area contributed by atoms with Gasteiger partial charge in [0.25, 0.3) is 0 Å². The quantitative estimate of drug-likeness (QED) is 0.643. The molecule has 0 aliphatic rings. The van der Waals surface area contributed by atoms with E-state index in [0.29, 0.717) is 22.6 Å². The maximum absolute atomic E-state index is 11.5. The number of fused-ring (bicyclic) bond motifs is 1. The van der Waals surface area contributed by atoms with Crippen LogP contribution >= 0.6 is 0 Å². The summed E-state index contributed by atoms with van der Waals surface area (Å²) < 4.78 is 11.1. The van der Waals surface area contributed by atoms with Gasteiger partial charge in [-0.3, -0.25) is 9.59 Å². The number of ether oxygens (including phenoxy) is 2. The Kier molecular flexibility index (Phi) is 4.57. The molecular weight excluding hydrogens is 304 g/mol. The average molecular weight is 320 g/mol. The lowest BCUT2D eigenvalue weighted by Gasteiger charge is -2.13. The number of aldehydes is 2. The molecule has 0 atom stereocenters. The third-order valence-electron chi connectivity index (χ3n) is 3.87. The van der Waals surface area contributed by atoms with Gasteiger partial charge in [0.1, 0.15) is 24.4 Å². The molecule has 0 saturated heterocycles. The van der Waals surface area contributed by atoms with Gasteiger partial charge in [-0.1, -0.05) is 30.3 Å². The summed E-state index contributed by atoms with van der Waals surface area (Å²) >= 11 is 0. The summed E-state index contributed by atoms with van der Waals surface area (Å²) in [6, 6.07) is 16.5. The maximum Gasteiger partial charge on any atom is 0.154 e. The fourth-order valence-corrected chi connectivity index (χ4v) is 2.66. The Morgan fingerprint density at radius 1 is 0.917 bits per heavy atom. The van der Waals surface area contributed by atoms with E-state index in [1.807, 2.05) is 30.3 Å². The van der Waals surface area contributed by atoms with Crippen LogP contribution in [0.25, 0.3) is 10.8 Å². The van der Waals surface area contributed by atoms with Crippen molar-refractivity contribution in [2.24, 2.45) is 0 Å². The Bertz CT molecular complexity index is 899. The van der Waals surface area contributed by atoms with E-state index in [1.54, 1.807) is 31.4 Å². The second-order valence-corrected chi connectivity index (χ2v) is 5.29. The molecule has 120 valence electrons. The number of methoxy groups -OCH3 is 1. The molecule has 0 bridgehead atoms. The van der Waals surface area contributed by atoms with Gasteiger partial charge in [0.05, 0.1) is 12.7 Å². The summed E-state index contributed by atoms with van der Waals surface area (Å²) in [6.07, 6.45) is 1.58. The van der Waals surface area contributed by atoms with E-state index < -0.39 is 0 Å². The van der Waals surface area contributed by atoms with Crippen LogP contribution < -0.4 is 9.47 Å². The van der Waals surface area contributed by atoms with Gasteiger partial charge in [-0.25, -0.2) is 0 Å². The van der Waals surface area contributed by atoms with Crippen molar-refractivity contribution in [3.05, 3.63) is 71.3 Å². The molecule has 0 fully saturated rings. The molecule has 0 radical (unpaired) electrons. The molecule has 3 rings (SSSR count). The normalized spacial score (nSPS) is 10.4. The summed E-state index contributed by atoms with van der Waals surface area (Å²) in [5.74, 6) is 1.14. The zero-order valence-corrected chi connectivity index (χ0v) is 13.2. The number of carbonyl (C=O) groups excluding carboxylic acids is 2. The van der Waals surface area contributed by atoms with Gasteiger partial charge in [0.2, 0.25) is 0 Å². The first kappa shape index (κ1) is 15.7. The molecule has 4 nitrogen and oxygen atoms in total. The highest BCUT2D eigenvalue weighted by atomic mass is 16.5. The van der Waals surface area contributed by atoms with E-state index in [0.717, 1.165) is 28.9 Å². The van der Waals surface area contributed by atoms with Crippen molar-refractivity contribution in [2.75, 3.05) is 7.11 Å². The summed E-state index contributed by atoms with van der Waals surface area (Å²) in [5.41, 5.74) is 1.80. The van der Waals surface area contributed by atoms with Crippen molar-refractivity contribution in [1.29, 1.82) is 0 Å². The van der Waals surface area contributed by atoms with Crippen molar-refractivity contribution in [3.63, 3.8) is 0 Å². The van der Waals surface area contributed by atoms with Crippen LogP contribution in [0.1, 0.15) is 26.3 Å². The Morgan fingerprint density at radius 2 is 1.71 bits per heavy atom. The minimum atomic E-state index is 0.198. The van der Waals surface area contributed by atoms with E-state index in [2.05, 4.69) is 0 Å². The number of benzene rings is 3. The Morgan fingerprint density at radius 3 is 2.46 bits per heavy atom. The third kappa shape index (κ3) is 2.99. The standard InChI is InChI=1S/C20H16O4/c1-23-19-8-6-14(11-21)10-16(19)13-24-20-9-7-15-4-2-3-5-17(15)18(20)12-22/h2-12H,13H2,1H3. The Labute approximate surface area is 139 Å². The Balaban J connectivity index is 1.94. The molecule has 0 aromatic heterocycles. The van der Waals surface area contributed by atoms with E-state index >= 15 is 0 Å². The SMILES string of the molecule is COc1ccc(C=O)cc1COc1ccc2ccccc2c1C=O. The largest absolute Gasteiger partial charge is 0.496 e. The lowest BCUT2D eigenvalue weighted by molar-refractivity contribution is 0.111. The molecule has 0 heterocycles. The first-order valence-corrected chi connectivity index (χ1v) is 7.48. The van der Waals surface area contributed by atoms with Crippen molar-refractivity contribution in [2.45, 2.75) is 6.61 Å². The smallest absolute Gasteiger partial charge is 0.154 e. The van der Waals surface area contributed by atoms with E-state index in [9.17, 15) is 9.59 Å². The first-order valence-electron chi connectivity index (χ1n) is 7.48. The van der Waals surface area contributed by atoms with Gasteiger partial charge in [-0.15, -0.1) is 0 Å². The lowest BCUT2D eigenvalue weighted by atomic mass is 10.0. The van der Waals surface area contributed by atoms with Crippen LogP contribution in [-0.4, -0.2) is 19.7 Å². The van der Waals surface area contributed by atoms with Gasteiger partial charge in [-0.2, -0.15) is 0 Å². The highest BCUT2D eigenvalue weighted by Gasteiger charge is 2.10. The van der Waals surface area contributed by atoms with E-state index in [-0.39, 0.29) is 6.61 Å². The predicted molar refractivity (Wildman–Crippen MR) is 92.0 cm³/mol. The minimum Gasteiger partial charge on any atom is -0.496 e. The minimum absolute atomic E-state index is 0.198. The molecule has 3 aromatic rings. The van der Waals surface area contributed by atoms with Gasteiger partial charge in [0.15, 0.2) is 6.29 Å². The number of hydrogen-bond acceptors (Lipinski definition) is 4. The van der Waals surface area contributed by atoms with Crippen molar-refractivity contribution in [3.8, 4) is 11.5 Å². The molecule has 24 heavy (non-hydrogen) atoms. The summed E-state index contributed by atoms with van der Waals surface area (Å²) in [4.78, 5) is 22.5. The fourth-order valence-electron chi connectivity index (χ4n) is 2.66. The molecule has 0 aliphatic carbocycles. The molecule has 4 heteroatoms. The number of carbonyl (C=O) groups is 2. The fraction of sp³-hybridized carbons (Fsp3) is 0.100. The molecule has 0 aliphatic heterocycles. The van der Waals surface area contributed by atoms with Crippen molar-refractivity contribution >= 4 is 23.3 Å². The van der Waals surface area contributed by atoms with E-state index in [4.69, 9.17) is 9.47 Å². The van der Waals surface area contributed by atoms with Crippen LogP contribution in [0, 0.1) is 0 Å². The summed E-state index contributed by atoms with van der Waals surface area (Å²) in [6.45, 7) is 0.198. The summed E-state index contributed by atoms with van der Waals surface area (Å²) in [5, 5.41) is 1.83. The van der Waals surface area contributed by atoms with Crippen molar-refractivity contribution < 1.29 is 19.1 Å². The van der Waals surface area contributed by atoms with Crippen LogP contribution in [0.4, 0.5) is 0 Å². The highest BCUT2D eigenvalue weighted by molar-refractivity contribution is 6.00. The number of rotatable bonds is 6. The Hall–Kier alpha value is -3.14. The zero-order chi connectivity index (χ0) is 16.9. The molecule has 0 saturated carbocycles. The molecular formula is C20H16O4. The monoisotopic (exact) mass is 320 g/mol. The average Bonchev–Trinajstić information content (AvgIpc) is 2.65. The van der Waals surface area contributed by atoms with Gasteiger partial charge in [-0.05, 0) is 35.0 Å². The van der Waals surface area contributed by atoms with Gasteiger partial charge < -0.3 is 9.47 Å². The van der Waals surface area contributed by atoms with Crippen molar-refractivity contribution in [1.82, 2.24) is 0 Å². The highest BCUT2D eigenvalue weighted by Crippen LogP contribution is 2.28. The molecule has 3 aromatic carbocycles. The predicted octanol–water partition coefficient (Wildman–Crippen LogP) is 4.05. The number of hydrogen-bond donors (Lipinski definition) is 0. The summed E-state index contributed by atoms with van der Waals surface area (Å²) in [7, 11) is 1.56. The van der Waals surface area contributed by atoms with Crippen LogP contribution in [-0.2, 0) is 6.61 Å². The van der Waals surface area contributed by atoms with Gasteiger partial charge >= 0.3 is 0 Å².